The van der Waals surface area contributed by atoms with E-state index in [2.05, 4.69) is 4.72 Å². The molecule has 1 aromatic rings. The van der Waals surface area contributed by atoms with Gasteiger partial charge < -0.3 is 4.74 Å². The van der Waals surface area contributed by atoms with Crippen LogP contribution >= 0.6 is 11.6 Å². The average molecular weight is 332 g/mol. The second-order valence-corrected chi connectivity index (χ2v) is 6.39. The van der Waals surface area contributed by atoms with Gasteiger partial charge in [0.25, 0.3) is 0 Å². The SMILES string of the molecule is CCOC(=O)/C=C/c1ccc(NS(=O)(=O)CCCCl)cc1. The van der Waals surface area contributed by atoms with Crippen LogP contribution in [-0.4, -0.2) is 32.6 Å². The average Bonchev–Trinajstić information content (AvgIpc) is 2.44. The number of carbonyl (C=O) groups excluding carboxylic acids is 1. The third-order valence-corrected chi connectivity index (χ3v) is 4.07. The highest BCUT2D eigenvalue weighted by Crippen LogP contribution is 2.13. The van der Waals surface area contributed by atoms with Crippen LogP contribution in [-0.2, 0) is 19.6 Å². The van der Waals surface area contributed by atoms with E-state index in [0.29, 0.717) is 24.6 Å². The monoisotopic (exact) mass is 331 g/mol. The van der Waals surface area contributed by atoms with E-state index in [-0.39, 0.29) is 5.75 Å². The van der Waals surface area contributed by atoms with Crippen LogP contribution in [0.2, 0.25) is 0 Å². The Morgan fingerprint density at radius 2 is 2.00 bits per heavy atom. The lowest BCUT2D eigenvalue weighted by molar-refractivity contribution is -0.137. The molecule has 7 heteroatoms. The smallest absolute Gasteiger partial charge is 0.330 e. The van der Waals surface area contributed by atoms with E-state index in [1.54, 1.807) is 37.3 Å². The summed E-state index contributed by atoms with van der Waals surface area (Å²) in [6.45, 7) is 2.06. The van der Waals surface area contributed by atoms with Crippen molar-refractivity contribution < 1.29 is 17.9 Å². The zero-order valence-corrected chi connectivity index (χ0v) is 13.3. The summed E-state index contributed by atoms with van der Waals surface area (Å²) in [6, 6.07) is 6.66. The Bertz CT molecular complexity index is 581. The van der Waals surface area contributed by atoms with E-state index in [0.717, 1.165) is 5.56 Å². The van der Waals surface area contributed by atoms with Gasteiger partial charge in [0.2, 0.25) is 10.0 Å². The van der Waals surface area contributed by atoms with E-state index in [4.69, 9.17) is 16.3 Å². The maximum atomic E-state index is 11.7. The van der Waals surface area contributed by atoms with Gasteiger partial charge in [-0.3, -0.25) is 4.72 Å². The number of nitrogens with one attached hydrogen (secondary N) is 1. The van der Waals surface area contributed by atoms with Crippen LogP contribution in [0.1, 0.15) is 18.9 Å². The van der Waals surface area contributed by atoms with Gasteiger partial charge in [-0.2, -0.15) is 0 Å². The molecule has 0 radical (unpaired) electrons. The third-order valence-electron chi connectivity index (χ3n) is 2.43. The molecule has 5 nitrogen and oxygen atoms in total. The minimum atomic E-state index is -3.37. The number of sulfonamides is 1. The van der Waals surface area contributed by atoms with E-state index < -0.39 is 16.0 Å². The molecule has 1 rings (SSSR count). The maximum absolute atomic E-state index is 11.7. The fourth-order valence-electron chi connectivity index (χ4n) is 1.49. The van der Waals surface area contributed by atoms with Crippen molar-refractivity contribution in [2.24, 2.45) is 0 Å². The van der Waals surface area contributed by atoms with Gasteiger partial charge in [0.1, 0.15) is 0 Å². The molecule has 0 saturated carbocycles. The first kappa shape index (κ1) is 17.5. The first-order valence-electron chi connectivity index (χ1n) is 6.48. The Hall–Kier alpha value is -1.53. The third kappa shape index (κ3) is 7.15. The lowest BCUT2D eigenvalue weighted by Gasteiger charge is -2.07. The molecule has 1 N–H and O–H groups in total. The maximum Gasteiger partial charge on any atom is 0.330 e. The quantitative estimate of drug-likeness (QED) is 0.451. The zero-order valence-electron chi connectivity index (χ0n) is 11.7. The highest BCUT2D eigenvalue weighted by atomic mass is 35.5. The summed E-state index contributed by atoms with van der Waals surface area (Å²) >= 11 is 5.48. The molecule has 1 aromatic carbocycles. The molecule has 0 atom stereocenters. The second-order valence-electron chi connectivity index (χ2n) is 4.17. The van der Waals surface area contributed by atoms with E-state index in [1.807, 2.05) is 0 Å². The molecule has 0 aromatic heterocycles. The van der Waals surface area contributed by atoms with Crippen LogP contribution in [0.25, 0.3) is 6.08 Å². The molecule has 0 unspecified atom stereocenters. The standard InChI is InChI=1S/C14H18ClNO4S/c1-2-20-14(17)9-6-12-4-7-13(8-5-12)16-21(18,19)11-3-10-15/h4-9,16H,2-3,10-11H2,1H3/b9-6+. The molecule has 0 saturated heterocycles. The van der Waals surface area contributed by atoms with Crippen molar-refractivity contribution in [1.82, 2.24) is 0 Å². The van der Waals surface area contributed by atoms with Crippen LogP contribution in [0.3, 0.4) is 0 Å². The molecule has 21 heavy (non-hydrogen) atoms. The van der Waals surface area contributed by atoms with Gasteiger partial charge in [0.05, 0.1) is 12.4 Å². The Kier molecular flexibility index (Phi) is 7.25. The minimum Gasteiger partial charge on any atom is -0.463 e. The van der Waals surface area contributed by atoms with Crippen molar-refractivity contribution in [2.45, 2.75) is 13.3 Å². The highest BCUT2D eigenvalue weighted by molar-refractivity contribution is 7.92. The highest BCUT2D eigenvalue weighted by Gasteiger charge is 2.09. The number of carbonyl (C=O) groups is 1. The summed E-state index contributed by atoms with van der Waals surface area (Å²) in [6.07, 6.45) is 3.32. The van der Waals surface area contributed by atoms with Crippen LogP contribution in [0.5, 0.6) is 0 Å². The number of esters is 1. The predicted octanol–water partition coefficient (Wildman–Crippen LogP) is 2.63. The van der Waals surface area contributed by atoms with Crippen molar-refractivity contribution in [3.63, 3.8) is 0 Å². The first-order valence-corrected chi connectivity index (χ1v) is 8.67. The molecular formula is C14H18ClNO4S. The van der Waals surface area contributed by atoms with Crippen molar-refractivity contribution in [1.29, 1.82) is 0 Å². The molecule has 0 aliphatic carbocycles. The Morgan fingerprint density at radius 1 is 1.33 bits per heavy atom. The molecule has 0 amide bonds. The van der Waals surface area contributed by atoms with Crippen LogP contribution < -0.4 is 4.72 Å². The fraction of sp³-hybridized carbons (Fsp3) is 0.357. The van der Waals surface area contributed by atoms with Gasteiger partial charge in [-0.25, -0.2) is 13.2 Å². The Morgan fingerprint density at radius 3 is 2.57 bits per heavy atom. The molecule has 0 bridgehead atoms. The van der Waals surface area contributed by atoms with Crippen LogP contribution in [0.15, 0.2) is 30.3 Å². The summed E-state index contributed by atoms with van der Waals surface area (Å²) in [5.74, 6) is -0.122. The van der Waals surface area contributed by atoms with Gasteiger partial charge in [-0.05, 0) is 37.1 Å². The summed E-state index contributed by atoms with van der Waals surface area (Å²) < 4.78 is 30.6. The number of anilines is 1. The second kappa shape index (κ2) is 8.69. The van der Waals surface area contributed by atoms with Crippen molar-refractivity contribution in [3.05, 3.63) is 35.9 Å². The van der Waals surface area contributed by atoms with Gasteiger partial charge in [0, 0.05) is 17.6 Å². The predicted molar refractivity (Wildman–Crippen MR) is 84.9 cm³/mol. The summed E-state index contributed by atoms with van der Waals surface area (Å²) in [5.41, 5.74) is 1.24. The van der Waals surface area contributed by atoms with Gasteiger partial charge in [-0.15, -0.1) is 11.6 Å². The lowest BCUT2D eigenvalue weighted by atomic mass is 10.2. The minimum absolute atomic E-state index is 0.0129. The van der Waals surface area contributed by atoms with Crippen molar-refractivity contribution >= 4 is 39.4 Å². The van der Waals surface area contributed by atoms with Gasteiger partial charge in [0.15, 0.2) is 0 Å². The summed E-state index contributed by atoms with van der Waals surface area (Å²) in [5, 5.41) is 0. The summed E-state index contributed by atoms with van der Waals surface area (Å²) in [4.78, 5) is 11.2. The van der Waals surface area contributed by atoms with Crippen molar-refractivity contribution in [3.8, 4) is 0 Å². The van der Waals surface area contributed by atoms with Crippen LogP contribution in [0.4, 0.5) is 5.69 Å². The largest absolute Gasteiger partial charge is 0.463 e. The molecule has 0 spiro atoms. The van der Waals surface area contributed by atoms with E-state index in [1.165, 1.54) is 6.08 Å². The topological polar surface area (TPSA) is 72.5 Å². The molecule has 0 aliphatic heterocycles. The number of benzene rings is 1. The van der Waals surface area contributed by atoms with Gasteiger partial charge >= 0.3 is 5.97 Å². The molecule has 0 heterocycles. The fourth-order valence-corrected chi connectivity index (χ4v) is 2.91. The summed E-state index contributed by atoms with van der Waals surface area (Å²) in [7, 11) is -3.37. The zero-order chi connectivity index (χ0) is 15.7. The first-order chi connectivity index (χ1) is 9.96. The van der Waals surface area contributed by atoms with E-state index in [9.17, 15) is 13.2 Å². The van der Waals surface area contributed by atoms with Crippen molar-refractivity contribution in [2.75, 3.05) is 23.0 Å². The van der Waals surface area contributed by atoms with Crippen LogP contribution in [0, 0.1) is 0 Å². The Balaban J connectivity index is 2.64. The number of hydrogen-bond donors (Lipinski definition) is 1. The normalized spacial score (nSPS) is 11.5. The molecule has 0 fully saturated rings. The molecule has 0 aliphatic rings. The lowest BCUT2D eigenvalue weighted by Crippen LogP contribution is -2.16. The molecule has 116 valence electrons. The number of alkyl halides is 1. The number of hydrogen-bond acceptors (Lipinski definition) is 4. The number of rotatable bonds is 8. The Labute approximate surface area is 130 Å². The molecular weight excluding hydrogens is 314 g/mol. The van der Waals surface area contributed by atoms with Gasteiger partial charge in [-0.1, -0.05) is 12.1 Å². The van der Waals surface area contributed by atoms with E-state index >= 15 is 0 Å². The number of halogens is 1. The number of ether oxygens (including phenoxy) is 1.